The van der Waals surface area contributed by atoms with Crippen molar-refractivity contribution in [3.63, 3.8) is 0 Å². The molecule has 4 aromatic carbocycles. The van der Waals surface area contributed by atoms with Crippen LogP contribution < -0.4 is 9.91 Å². The maximum Gasteiger partial charge on any atom is 0.294 e. The molecule has 2 aliphatic heterocycles. The maximum atomic E-state index is 14.0. The number of allylic oxidation sites excluding steroid dienone is 3. The quantitative estimate of drug-likeness (QED) is 0.0856. The van der Waals surface area contributed by atoms with E-state index in [9.17, 15) is 27.9 Å². The predicted molar refractivity (Wildman–Crippen MR) is 195 cm³/mol. The van der Waals surface area contributed by atoms with E-state index in [1.807, 2.05) is 13.1 Å². The summed E-state index contributed by atoms with van der Waals surface area (Å²) in [6, 6.07) is 22.1. The first kappa shape index (κ1) is 33.4. The number of fused-ring (bicyclic) bond motifs is 3. The molecule has 256 valence electrons. The van der Waals surface area contributed by atoms with Crippen molar-refractivity contribution in [1.82, 2.24) is 0 Å². The highest BCUT2D eigenvalue weighted by molar-refractivity contribution is 7.85. The van der Waals surface area contributed by atoms with E-state index in [2.05, 4.69) is 68.0 Å². The second kappa shape index (κ2) is 11.7. The molecule has 1 amide bonds. The SMILES string of the molecule is CCCC1(c2cccc3c4c(ccc23)N(C)/C(=C/C=C2\C(=O)N(c3ccc(S(=O)(=O)O)cc3)N=C2c2ccc([N+](=O)[O-])cc2)C4(C)C)CC1C. The maximum absolute atomic E-state index is 14.0. The van der Waals surface area contributed by atoms with Gasteiger partial charge in [-0.3, -0.25) is 19.5 Å². The highest BCUT2D eigenvalue weighted by Gasteiger charge is 2.52. The van der Waals surface area contributed by atoms with E-state index in [-0.39, 0.29) is 27.3 Å². The molecule has 11 heteroatoms. The van der Waals surface area contributed by atoms with Crippen molar-refractivity contribution in [2.45, 2.75) is 62.7 Å². The van der Waals surface area contributed by atoms with E-state index >= 15 is 0 Å². The number of anilines is 2. The summed E-state index contributed by atoms with van der Waals surface area (Å²) in [5.74, 6) is 0.190. The highest BCUT2D eigenvalue weighted by Crippen LogP contribution is 2.59. The second-order valence-electron chi connectivity index (χ2n) is 14.0. The molecule has 10 nitrogen and oxygen atoms in total. The van der Waals surface area contributed by atoms with E-state index in [1.165, 1.54) is 71.1 Å². The molecule has 0 radical (unpaired) electrons. The van der Waals surface area contributed by atoms with Crippen molar-refractivity contribution in [3.05, 3.63) is 129 Å². The predicted octanol–water partition coefficient (Wildman–Crippen LogP) is 8.06. The fourth-order valence-electron chi connectivity index (χ4n) is 8.12. The number of hydrogen-bond donors (Lipinski definition) is 1. The zero-order chi connectivity index (χ0) is 35.7. The van der Waals surface area contributed by atoms with Gasteiger partial charge in [-0.2, -0.15) is 18.5 Å². The zero-order valence-corrected chi connectivity index (χ0v) is 29.4. The third-order valence-electron chi connectivity index (χ3n) is 10.7. The minimum atomic E-state index is -4.43. The Labute approximate surface area is 291 Å². The van der Waals surface area contributed by atoms with Gasteiger partial charge in [0.1, 0.15) is 5.71 Å². The average molecular weight is 691 g/mol. The Balaban J connectivity index is 1.32. The Morgan fingerprint density at radius 1 is 1.00 bits per heavy atom. The molecule has 0 spiro atoms. The minimum Gasteiger partial charge on any atom is -0.347 e. The Kier molecular flexibility index (Phi) is 7.84. The van der Waals surface area contributed by atoms with Crippen molar-refractivity contribution in [2.75, 3.05) is 17.0 Å². The summed E-state index contributed by atoms with van der Waals surface area (Å²) in [6.07, 6.45) is 7.19. The molecule has 50 heavy (non-hydrogen) atoms. The lowest BCUT2D eigenvalue weighted by Crippen LogP contribution is -2.23. The third-order valence-corrected chi connectivity index (χ3v) is 11.6. The van der Waals surface area contributed by atoms with Gasteiger partial charge in [0.15, 0.2) is 0 Å². The van der Waals surface area contributed by atoms with Gasteiger partial charge in [0, 0.05) is 41.5 Å². The largest absolute Gasteiger partial charge is 0.347 e. The number of hydrazone groups is 1. The summed E-state index contributed by atoms with van der Waals surface area (Å²) < 4.78 is 32.7. The topological polar surface area (TPSA) is 133 Å². The molecule has 2 unspecified atom stereocenters. The zero-order valence-electron chi connectivity index (χ0n) is 28.5. The number of amides is 1. The van der Waals surface area contributed by atoms with Crippen molar-refractivity contribution in [3.8, 4) is 0 Å². The van der Waals surface area contributed by atoms with Crippen LogP contribution in [0.3, 0.4) is 0 Å². The Hall–Kier alpha value is -5.13. The molecule has 1 N–H and O–H groups in total. The number of nitro groups is 1. The van der Waals surface area contributed by atoms with Gasteiger partial charge in [0.2, 0.25) is 0 Å². The van der Waals surface area contributed by atoms with Gasteiger partial charge in [-0.25, -0.2) is 0 Å². The van der Waals surface area contributed by atoms with Gasteiger partial charge in [0.25, 0.3) is 21.7 Å². The molecule has 2 heterocycles. The van der Waals surface area contributed by atoms with Crippen LogP contribution in [-0.2, 0) is 25.7 Å². The number of hydrogen-bond acceptors (Lipinski definition) is 7. The lowest BCUT2D eigenvalue weighted by molar-refractivity contribution is -0.384. The number of rotatable bonds is 8. The van der Waals surface area contributed by atoms with Crippen molar-refractivity contribution < 1.29 is 22.7 Å². The normalized spacial score (nSPS) is 22.8. The Morgan fingerprint density at radius 2 is 1.68 bits per heavy atom. The summed E-state index contributed by atoms with van der Waals surface area (Å²) in [5, 5.41) is 19.6. The van der Waals surface area contributed by atoms with Crippen molar-refractivity contribution in [2.24, 2.45) is 11.0 Å². The van der Waals surface area contributed by atoms with Crippen LogP contribution in [0.4, 0.5) is 17.1 Å². The third kappa shape index (κ3) is 5.23. The van der Waals surface area contributed by atoms with E-state index in [4.69, 9.17) is 0 Å². The molecule has 0 bridgehead atoms. The lowest BCUT2D eigenvalue weighted by atomic mass is 9.78. The molecule has 7 rings (SSSR count). The molecule has 0 saturated heterocycles. The first-order chi connectivity index (χ1) is 23.7. The van der Waals surface area contributed by atoms with E-state index in [0.717, 1.165) is 22.8 Å². The number of carbonyl (C=O) groups excluding carboxylic acids is 1. The monoisotopic (exact) mass is 690 g/mol. The van der Waals surface area contributed by atoms with Crippen LogP contribution in [-0.4, -0.2) is 36.6 Å². The fraction of sp³-hybridized carbons (Fsp3) is 0.282. The van der Waals surface area contributed by atoms with Crippen LogP contribution >= 0.6 is 0 Å². The van der Waals surface area contributed by atoms with Gasteiger partial charge < -0.3 is 4.90 Å². The van der Waals surface area contributed by atoms with Gasteiger partial charge in [-0.15, -0.1) is 0 Å². The summed E-state index contributed by atoms with van der Waals surface area (Å²) in [6.45, 7) is 8.99. The van der Waals surface area contributed by atoms with Crippen LogP contribution in [0, 0.1) is 16.0 Å². The molecule has 3 aliphatic rings. The standard InChI is InChI=1S/C39H38N4O6S/c1-6-22-39(23-24(39)2)32-9-7-8-30-29(32)18-20-33-35(30)38(3,4)34(41(33)5)21-19-31-36(25-10-12-27(13-11-25)43(45)46)40-42(37(31)44)26-14-16-28(17-15-26)50(47,48)49/h7-21,24H,6,22-23H2,1-5H3,(H,47,48,49)/b31-19-,34-21+. The smallest absolute Gasteiger partial charge is 0.294 e. The summed E-state index contributed by atoms with van der Waals surface area (Å²) in [5.41, 5.74) is 5.80. The van der Waals surface area contributed by atoms with Gasteiger partial charge >= 0.3 is 0 Å². The average Bonchev–Trinajstić information content (AvgIpc) is 3.54. The Bertz CT molecular complexity index is 2290. The highest BCUT2D eigenvalue weighted by atomic mass is 32.2. The lowest BCUT2D eigenvalue weighted by Gasteiger charge is -2.25. The van der Waals surface area contributed by atoms with Crippen LogP contribution in [0.25, 0.3) is 10.8 Å². The number of non-ortho nitro benzene ring substituents is 1. The van der Waals surface area contributed by atoms with Gasteiger partial charge in [-0.1, -0.05) is 58.4 Å². The fourth-order valence-corrected chi connectivity index (χ4v) is 8.60. The molecule has 1 aliphatic carbocycles. The van der Waals surface area contributed by atoms with E-state index in [1.54, 1.807) is 18.2 Å². The minimum absolute atomic E-state index is 0.0942. The first-order valence-corrected chi connectivity index (χ1v) is 18.1. The summed E-state index contributed by atoms with van der Waals surface area (Å²) >= 11 is 0. The molecule has 4 aromatic rings. The van der Waals surface area contributed by atoms with Gasteiger partial charge in [0.05, 0.1) is 21.1 Å². The summed E-state index contributed by atoms with van der Waals surface area (Å²) in [4.78, 5) is 26.7. The van der Waals surface area contributed by atoms with E-state index in [0.29, 0.717) is 17.2 Å². The molecule has 1 saturated carbocycles. The molecule has 2 atom stereocenters. The number of nitrogens with zero attached hydrogens (tertiary/aromatic N) is 4. The van der Waals surface area contributed by atoms with Gasteiger partial charge in [-0.05, 0) is 101 Å². The second-order valence-corrected chi connectivity index (χ2v) is 15.4. The Morgan fingerprint density at radius 3 is 2.28 bits per heavy atom. The van der Waals surface area contributed by atoms with Crippen LogP contribution in [0.2, 0.25) is 0 Å². The molecule has 1 fully saturated rings. The molecular weight excluding hydrogens is 653 g/mol. The van der Waals surface area contributed by atoms with E-state index < -0.39 is 26.4 Å². The van der Waals surface area contributed by atoms with Crippen LogP contribution in [0.1, 0.15) is 63.6 Å². The molecular formula is C39H38N4O6S. The van der Waals surface area contributed by atoms with Crippen molar-refractivity contribution >= 4 is 49.6 Å². The number of carbonyl (C=O) groups is 1. The summed E-state index contributed by atoms with van der Waals surface area (Å²) in [7, 11) is -2.41. The number of nitro benzene ring substituents is 1. The molecule has 0 aromatic heterocycles. The first-order valence-electron chi connectivity index (χ1n) is 16.7. The number of likely N-dealkylation sites (N-methyl/N-ethyl adjacent to an activating group) is 1. The van der Waals surface area contributed by atoms with Crippen LogP contribution in [0.5, 0.6) is 0 Å². The van der Waals surface area contributed by atoms with Crippen molar-refractivity contribution in [1.29, 1.82) is 0 Å². The van der Waals surface area contributed by atoms with Crippen LogP contribution in [0.15, 0.2) is 112 Å². The number of benzene rings is 4.